The lowest BCUT2D eigenvalue weighted by Crippen LogP contribution is -2.49. The van der Waals surface area contributed by atoms with Crippen LogP contribution in [0.4, 0.5) is 16.0 Å². The minimum Gasteiger partial charge on any atom is -0.480 e. The number of ether oxygens (including phenoxy) is 1. The van der Waals surface area contributed by atoms with Gasteiger partial charge in [0.05, 0.1) is 25.2 Å². The minimum absolute atomic E-state index is 0.0187. The quantitative estimate of drug-likeness (QED) is 0.285. The number of carbonyl (C=O) groups is 2. The highest BCUT2D eigenvalue weighted by atomic mass is 19.1. The molecule has 0 radical (unpaired) electrons. The molecule has 2 N–H and O–H groups in total. The summed E-state index contributed by atoms with van der Waals surface area (Å²) in [5.74, 6) is 6.12. The van der Waals surface area contributed by atoms with Crippen molar-refractivity contribution in [3.63, 3.8) is 0 Å². The minimum atomic E-state index is -0.591. The Morgan fingerprint density at radius 1 is 1.23 bits per heavy atom. The number of hydrogen-bond donors (Lipinski definition) is 2. The molecule has 0 bridgehead atoms. The maximum Gasteiger partial charge on any atom is 0.246 e. The van der Waals surface area contributed by atoms with Crippen LogP contribution in [0.15, 0.2) is 36.7 Å². The SMILES string of the molecule is COc1nc(Nc2ccc(F)nc2)ncc1C#C[C@@H]1CCC[C@H](NC(=O)[C@H](C)N(C)C(=O)/C=C/CN(C)C)C1. The normalized spacial score (nSPS) is 17.7. The van der Waals surface area contributed by atoms with Crippen LogP contribution in [0.2, 0.25) is 0 Å². The second-order valence-corrected chi connectivity index (χ2v) is 9.74. The number of nitrogens with zero attached hydrogens (tertiary/aromatic N) is 5. The molecule has 1 aliphatic rings. The Morgan fingerprint density at radius 2 is 2.03 bits per heavy atom. The van der Waals surface area contributed by atoms with E-state index in [0.717, 1.165) is 19.3 Å². The van der Waals surface area contributed by atoms with E-state index >= 15 is 0 Å². The molecule has 1 fully saturated rings. The number of halogens is 1. The van der Waals surface area contributed by atoms with E-state index in [1.807, 2.05) is 19.0 Å². The van der Waals surface area contributed by atoms with Crippen LogP contribution in [-0.4, -0.2) is 83.4 Å². The van der Waals surface area contributed by atoms with Crippen LogP contribution in [-0.2, 0) is 9.59 Å². The summed E-state index contributed by atoms with van der Waals surface area (Å²) in [4.78, 5) is 40.9. The number of hydrogen-bond acceptors (Lipinski definition) is 8. The molecule has 0 saturated heterocycles. The number of nitrogens with one attached hydrogen (secondary N) is 2. The molecule has 1 aliphatic carbocycles. The van der Waals surface area contributed by atoms with Crippen molar-refractivity contribution < 1.29 is 18.7 Å². The standard InChI is InChI=1S/C28H36FN7O3/c1-19(36(4)25(37)10-7-15-35(2)3)26(38)32-22-9-6-8-20(16-22)11-12-21-17-31-28(34-27(21)39-5)33-23-13-14-24(29)30-18-23/h7,10,13-14,17-20,22H,6,8-9,15-16H2,1-5H3,(H,32,38)(H,31,33,34)/b10-7+/t19-,20-,22-/m0/s1. The third-order valence-corrected chi connectivity index (χ3v) is 6.40. The van der Waals surface area contributed by atoms with Gasteiger partial charge in [-0.2, -0.15) is 9.37 Å². The van der Waals surface area contributed by atoms with Crippen LogP contribution in [0.5, 0.6) is 5.88 Å². The van der Waals surface area contributed by atoms with Crippen molar-refractivity contribution in [1.82, 2.24) is 30.1 Å². The highest BCUT2D eigenvalue weighted by molar-refractivity contribution is 5.92. The first-order valence-corrected chi connectivity index (χ1v) is 12.9. The molecule has 2 aromatic rings. The fourth-order valence-corrected chi connectivity index (χ4v) is 4.05. The number of aromatic nitrogens is 3. The molecule has 3 rings (SSSR count). The van der Waals surface area contributed by atoms with Crippen molar-refractivity contribution in [3.8, 4) is 17.7 Å². The molecular weight excluding hydrogens is 501 g/mol. The summed E-state index contributed by atoms with van der Waals surface area (Å²) in [6.45, 7) is 2.38. The van der Waals surface area contributed by atoms with Gasteiger partial charge in [0.15, 0.2) is 0 Å². The molecule has 0 aliphatic heterocycles. The van der Waals surface area contributed by atoms with Crippen molar-refractivity contribution in [2.24, 2.45) is 5.92 Å². The molecule has 0 spiro atoms. The summed E-state index contributed by atoms with van der Waals surface area (Å²) < 4.78 is 18.4. The average molecular weight is 538 g/mol. The van der Waals surface area contributed by atoms with Gasteiger partial charge in [-0.3, -0.25) is 9.59 Å². The number of likely N-dealkylation sites (N-methyl/N-ethyl adjacent to an activating group) is 2. The lowest BCUT2D eigenvalue weighted by Gasteiger charge is -2.30. The van der Waals surface area contributed by atoms with Gasteiger partial charge in [-0.25, -0.2) is 9.97 Å². The zero-order valence-corrected chi connectivity index (χ0v) is 23.1. The highest BCUT2D eigenvalue weighted by Crippen LogP contribution is 2.25. The molecule has 0 unspecified atom stereocenters. The van der Waals surface area contributed by atoms with Crippen molar-refractivity contribution >= 4 is 23.5 Å². The lowest BCUT2D eigenvalue weighted by molar-refractivity contribution is -0.135. The van der Waals surface area contributed by atoms with E-state index in [2.05, 4.69) is 37.4 Å². The molecular formula is C28H36FN7O3. The van der Waals surface area contributed by atoms with Gasteiger partial charge in [-0.15, -0.1) is 0 Å². The summed E-state index contributed by atoms with van der Waals surface area (Å²) in [7, 11) is 6.98. The zero-order valence-electron chi connectivity index (χ0n) is 23.1. The van der Waals surface area contributed by atoms with Crippen LogP contribution in [0.1, 0.15) is 38.2 Å². The molecule has 2 amide bonds. The molecule has 3 atom stereocenters. The Bertz CT molecular complexity index is 1220. The Balaban J connectivity index is 1.57. The van der Waals surface area contributed by atoms with Crippen molar-refractivity contribution in [2.45, 2.75) is 44.7 Å². The highest BCUT2D eigenvalue weighted by Gasteiger charge is 2.26. The van der Waals surface area contributed by atoms with Crippen LogP contribution in [0, 0.1) is 23.7 Å². The maximum atomic E-state index is 13.0. The smallest absolute Gasteiger partial charge is 0.246 e. The maximum absolute atomic E-state index is 13.0. The van der Waals surface area contributed by atoms with Gasteiger partial charge in [0.2, 0.25) is 29.6 Å². The van der Waals surface area contributed by atoms with E-state index in [1.54, 1.807) is 26.2 Å². The van der Waals surface area contributed by atoms with E-state index < -0.39 is 12.0 Å². The molecule has 10 nitrogen and oxygen atoms in total. The Morgan fingerprint density at radius 3 is 2.72 bits per heavy atom. The monoisotopic (exact) mass is 537 g/mol. The van der Waals surface area contributed by atoms with Gasteiger partial charge in [0.1, 0.15) is 11.6 Å². The third-order valence-electron chi connectivity index (χ3n) is 6.40. The zero-order chi connectivity index (χ0) is 28.4. The summed E-state index contributed by atoms with van der Waals surface area (Å²) in [5, 5.41) is 6.05. The van der Waals surface area contributed by atoms with Gasteiger partial charge in [0, 0.05) is 31.6 Å². The largest absolute Gasteiger partial charge is 0.480 e. The number of carbonyl (C=O) groups excluding carboxylic acids is 2. The summed E-state index contributed by atoms with van der Waals surface area (Å²) in [5.41, 5.74) is 1.08. The van der Waals surface area contributed by atoms with E-state index in [4.69, 9.17) is 4.74 Å². The topological polar surface area (TPSA) is 113 Å². The van der Waals surface area contributed by atoms with Crippen LogP contribution >= 0.6 is 0 Å². The van der Waals surface area contributed by atoms with Gasteiger partial charge in [0.25, 0.3) is 0 Å². The fourth-order valence-electron chi connectivity index (χ4n) is 4.05. The van der Waals surface area contributed by atoms with Crippen LogP contribution in [0.3, 0.4) is 0 Å². The average Bonchev–Trinajstić information content (AvgIpc) is 2.92. The molecule has 2 aromatic heterocycles. The Labute approximate surface area is 229 Å². The summed E-state index contributed by atoms with van der Waals surface area (Å²) in [6.07, 6.45) is 9.62. The third kappa shape index (κ3) is 9.04. The number of anilines is 2. The fraction of sp³-hybridized carbons (Fsp3) is 0.464. The first-order chi connectivity index (χ1) is 18.7. The molecule has 0 aromatic carbocycles. The van der Waals surface area contributed by atoms with E-state index in [1.165, 1.54) is 36.4 Å². The van der Waals surface area contributed by atoms with Crippen molar-refractivity contribution in [1.29, 1.82) is 0 Å². The molecule has 1 saturated carbocycles. The lowest BCUT2D eigenvalue weighted by atomic mass is 9.86. The van der Waals surface area contributed by atoms with E-state index in [9.17, 15) is 14.0 Å². The van der Waals surface area contributed by atoms with E-state index in [-0.39, 0.29) is 29.7 Å². The number of amides is 2. The molecule has 39 heavy (non-hydrogen) atoms. The van der Waals surface area contributed by atoms with Gasteiger partial charge in [-0.05, 0) is 52.4 Å². The van der Waals surface area contributed by atoms with Crippen molar-refractivity contribution in [3.05, 3.63) is 48.2 Å². The van der Waals surface area contributed by atoms with Gasteiger partial charge < -0.3 is 25.2 Å². The second-order valence-electron chi connectivity index (χ2n) is 9.74. The summed E-state index contributed by atoms with van der Waals surface area (Å²) >= 11 is 0. The predicted octanol–water partition coefficient (Wildman–Crippen LogP) is 2.75. The van der Waals surface area contributed by atoms with Crippen LogP contribution in [0.25, 0.3) is 0 Å². The predicted molar refractivity (Wildman–Crippen MR) is 147 cm³/mol. The molecule has 2 heterocycles. The van der Waals surface area contributed by atoms with Crippen LogP contribution < -0.4 is 15.4 Å². The first-order valence-electron chi connectivity index (χ1n) is 12.9. The van der Waals surface area contributed by atoms with Gasteiger partial charge in [-0.1, -0.05) is 24.3 Å². The Kier molecular flexibility index (Phi) is 10.8. The van der Waals surface area contributed by atoms with Gasteiger partial charge >= 0.3 is 0 Å². The number of methoxy groups -OCH3 is 1. The first kappa shape index (κ1) is 29.5. The molecule has 208 valence electrons. The number of pyridine rings is 1. The van der Waals surface area contributed by atoms with E-state index in [0.29, 0.717) is 30.1 Å². The number of rotatable bonds is 9. The Hall–Kier alpha value is -4.04. The summed E-state index contributed by atoms with van der Waals surface area (Å²) in [6, 6.07) is 2.16. The molecule has 11 heteroatoms. The van der Waals surface area contributed by atoms with Crippen molar-refractivity contribution in [2.75, 3.05) is 40.1 Å². The second kappa shape index (κ2) is 14.2.